The molecule has 2 rings (SSSR count). The van der Waals surface area contributed by atoms with Gasteiger partial charge in [0.2, 0.25) is 0 Å². The van der Waals surface area contributed by atoms with Crippen molar-refractivity contribution in [2.45, 2.75) is 13.0 Å². The maximum atomic E-state index is 6.20. The summed E-state index contributed by atoms with van der Waals surface area (Å²) in [5.41, 5.74) is 16.1. The van der Waals surface area contributed by atoms with Gasteiger partial charge in [0, 0.05) is 5.69 Å². The molecular weight excluding hydrogens is 196 g/mol. The van der Waals surface area contributed by atoms with Crippen molar-refractivity contribution in [1.82, 2.24) is 0 Å². The van der Waals surface area contributed by atoms with Crippen molar-refractivity contribution in [1.29, 1.82) is 0 Å². The smallest absolute Gasteiger partial charge is 0.0552 e. The Morgan fingerprint density at radius 1 is 0.938 bits per heavy atom. The Hall–Kier alpha value is -1.80. The van der Waals surface area contributed by atoms with E-state index in [1.54, 1.807) is 0 Å². The minimum absolute atomic E-state index is 0.108. The standard InChI is InChI=1S/C14H16N2/c1-10-4-2-5-11(8-10)14(16)12-6-3-7-13(15)9-12/h2-9,14H,15-16H2,1H3. The van der Waals surface area contributed by atoms with Crippen LogP contribution in [0.15, 0.2) is 48.5 Å². The van der Waals surface area contributed by atoms with Gasteiger partial charge >= 0.3 is 0 Å². The van der Waals surface area contributed by atoms with E-state index in [0.29, 0.717) is 0 Å². The zero-order valence-corrected chi connectivity index (χ0v) is 9.35. The molecule has 0 aliphatic carbocycles. The van der Waals surface area contributed by atoms with Gasteiger partial charge in [-0.3, -0.25) is 0 Å². The summed E-state index contributed by atoms with van der Waals surface area (Å²) in [6, 6.07) is 15.9. The van der Waals surface area contributed by atoms with E-state index >= 15 is 0 Å². The van der Waals surface area contributed by atoms with E-state index in [2.05, 4.69) is 19.1 Å². The van der Waals surface area contributed by atoms with Crippen molar-refractivity contribution in [3.8, 4) is 0 Å². The lowest BCUT2D eigenvalue weighted by Crippen LogP contribution is -2.12. The molecule has 0 spiro atoms. The first-order valence-corrected chi connectivity index (χ1v) is 5.34. The van der Waals surface area contributed by atoms with Gasteiger partial charge in [0.1, 0.15) is 0 Å². The molecule has 0 amide bonds. The number of hydrogen-bond donors (Lipinski definition) is 2. The zero-order chi connectivity index (χ0) is 11.5. The Kier molecular flexibility index (Phi) is 2.93. The van der Waals surface area contributed by atoms with E-state index in [1.807, 2.05) is 36.4 Å². The first-order chi connectivity index (χ1) is 7.66. The van der Waals surface area contributed by atoms with Crippen molar-refractivity contribution < 1.29 is 0 Å². The van der Waals surface area contributed by atoms with Crippen LogP contribution in [0, 0.1) is 6.92 Å². The van der Waals surface area contributed by atoms with Crippen LogP contribution in [0.25, 0.3) is 0 Å². The van der Waals surface area contributed by atoms with Crippen LogP contribution in [-0.4, -0.2) is 0 Å². The normalized spacial score (nSPS) is 12.4. The Balaban J connectivity index is 2.35. The third-order valence-corrected chi connectivity index (χ3v) is 2.67. The molecule has 1 atom stereocenters. The average Bonchev–Trinajstić information content (AvgIpc) is 2.28. The Morgan fingerprint density at radius 2 is 1.56 bits per heavy atom. The Labute approximate surface area is 95.9 Å². The molecule has 1 unspecified atom stereocenters. The van der Waals surface area contributed by atoms with Crippen molar-refractivity contribution >= 4 is 5.69 Å². The van der Waals surface area contributed by atoms with Crippen molar-refractivity contribution in [3.05, 3.63) is 65.2 Å². The maximum Gasteiger partial charge on any atom is 0.0552 e. The summed E-state index contributed by atoms with van der Waals surface area (Å²) in [5.74, 6) is 0. The van der Waals surface area contributed by atoms with Crippen LogP contribution in [0.5, 0.6) is 0 Å². The third kappa shape index (κ3) is 2.23. The highest BCUT2D eigenvalue weighted by molar-refractivity contribution is 5.44. The molecule has 0 saturated heterocycles. The van der Waals surface area contributed by atoms with Gasteiger partial charge in [0.15, 0.2) is 0 Å². The molecule has 4 N–H and O–H groups in total. The summed E-state index contributed by atoms with van der Waals surface area (Å²) in [7, 11) is 0. The quantitative estimate of drug-likeness (QED) is 0.752. The monoisotopic (exact) mass is 212 g/mol. The zero-order valence-electron chi connectivity index (χ0n) is 9.35. The molecule has 16 heavy (non-hydrogen) atoms. The van der Waals surface area contributed by atoms with E-state index < -0.39 is 0 Å². The molecule has 2 nitrogen and oxygen atoms in total. The number of aryl methyl sites for hydroxylation is 1. The molecule has 2 aromatic rings. The predicted molar refractivity (Wildman–Crippen MR) is 68.1 cm³/mol. The van der Waals surface area contributed by atoms with Crippen molar-refractivity contribution in [2.75, 3.05) is 5.73 Å². The van der Waals surface area contributed by atoms with E-state index in [0.717, 1.165) is 16.8 Å². The lowest BCUT2D eigenvalue weighted by atomic mass is 9.98. The summed E-state index contributed by atoms with van der Waals surface area (Å²) in [5, 5.41) is 0. The summed E-state index contributed by atoms with van der Waals surface area (Å²) >= 11 is 0. The molecule has 2 heteroatoms. The van der Waals surface area contributed by atoms with Crippen molar-refractivity contribution in [3.63, 3.8) is 0 Å². The minimum atomic E-state index is -0.108. The molecule has 0 radical (unpaired) electrons. The van der Waals surface area contributed by atoms with Gasteiger partial charge in [0.25, 0.3) is 0 Å². The second kappa shape index (κ2) is 4.37. The minimum Gasteiger partial charge on any atom is -0.399 e. The molecule has 0 fully saturated rings. The molecule has 2 aromatic carbocycles. The van der Waals surface area contributed by atoms with Crippen LogP contribution in [-0.2, 0) is 0 Å². The fraction of sp³-hybridized carbons (Fsp3) is 0.143. The molecule has 0 bridgehead atoms. The molecule has 82 valence electrons. The third-order valence-electron chi connectivity index (χ3n) is 2.67. The number of anilines is 1. The topological polar surface area (TPSA) is 52.0 Å². The molecular formula is C14H16N2. The molecule has 0 saturated carbocycles. The van der Waals surface area contributed by atoms with Gasteiger partial charge in [-0.05, 0) is 30.2 Å². The molecule has 0 aromatic heterocycles. The van der Waals surface area contributed by atoms with E-state index in [1.165, 1.54) is 5.56 Å². The van der Waals surface area contributed by atoms with Gasteiger partial charge in [-0.25, -0.2) is 0 Å². The first kappa shape index (κ1) is 10.7. The molecule has 0 aliphatic rings. The number of rotatable bonds is 2. The Bertz CT molecular complexity index is 446. The van der Waals surface area contributed by atoms with Crippen LogP contribution >= 0.6 is 0 Å². The van der Waals surface area contributed by atoms with Crippen molar-refractivity contribution in [2.24, 2.45) is 5.73 Å². The molecule has 0 aliphatic heterocycles. The fourth-order valence-electron chi connectivity index (χ4n) is 1.81. The summed E-state index contributed by atoms with van der Waals surface area (Å²) in [4.78, 5) is 0. The highest BCUT2D eigenvalue weighted by Gasteiger charge is 2.08. The number of benzene rings is 2. The summed E-state index contributed by atoms with van der Waals surface area (Å²) in [6.07, 6.45) is 0. The van der Waals surface area contributed by atoms with Crippen LogP contribution in [0.4, 0.5) is 5.69 Å². The van der Waals surface area contributed by atoms with Gasteiger partial charge in [-0.1, -0.05) is 42.0 Å². The average molecular weight is 212 g/mol. The highest BCUT2D eigenvalue weighted by Crippen LogP contribution is 2.21. The van der Waals surface area contributed by atoms with Crippen LogP contribution in [0.3, 0.4) is 0 Å². The summed E-state index contributed by atoms with van der Waals surface area (Å²) < 4.78 is 0. The predicted octanol–water partition coefficient (Wildman–Crippen LogP) is 2.63. The lowest BCUT2D eigenvalue weighted by Gasteiger charge is -2.13. The van der Waals surface area contributed by atoms with Gasteiger partial charge in [-0.15, -0.1) is 0 Å². The van der Waals surface area contributed by atoms with Crippen LogP contribution in [0.2, 0.25) is 0 Å². The summed E-state index contributed by atoms with van der Waals surface area (Å²) in [6.45, 7) is 2.07. The number of nitrogen functional groups attached to an aromatic ring is 1. The van der Waals surface area contributed by atoms with Gasteiger partial charge in [-0.2, -0.15) is 0 Å². The van der Waals surface area contributed by atoms with Crippen LogP contribution < -0.4 is 11.5 Å². The second-order valence-electron chi connectivity index (χ2n) is 4.06. The largest absolute Gasteiger partial charge is 0.399 e. The Morgan fingerprint density at radius 3 is 2.19 bits per heavy atom. The van der Waals surface area contributed by atoms with Gasteiger partial charge in [0.05, 0.1) is 6.04 Å². The maximum absolute atomic E-state index is 6.20. The molecule has 0 heterocycles. The lowest BCUT2D eigenvalue weighted by molar-refractivity contribution is 0.870. The van der Waals surface area contributed by atoms with E-state index in [4.69, 9.17) is 11.5 Å². The second-order valence-corrected chi connectivity index (χ2v) is 4.06. The van der Waals surface area contributed by atoms with Gasteiger partial charge < -0.3 is 11.5 Å². The SMILES string of the molecule is Cc1cccc(C(N)c2cccc(N)c2)c1. The number of hydrogen-bond acceptors (Lipinski definition) is 2. The first-order valence-electron chi connectivity index (χ1n) is 5.34. The van der Waals surface area contributed by atoms with E-state index in [9.17, 15) is 0 Å². The fourth-order valence-corrected chi connectivity index (χ4v) is 1.81. The number of nitrogens with two attached hydrogens (primary N) is 2. The highest BCUT2D eigenvalue weighted by atomic mass is 14.6. The van der Waals surface area contributed by atoms with Crippen LogP contribution in [0.1, 0.15) is 22.7 Å². The van der Waals surface area contributed by atoms with E-state index in [-0.39, 0.29) is 6.04 Å².